The lowest BCUT2D eigenvalue weighted by Gasteiger charge is -2.38. The van der Waals surface area contributed by atoms with Crippen LogP contribution >= 0.6 is 0 Å². The van der Waals surface area contributed by atoms with Gasteiger partial charge in [0.05, 0.1) is 5.75 Å². The second-order valence-corrected chi connectivity index (χ2v) is 8.69. The van der Waals surface area contributed by atoms with Crippen molar-refractivity contribution in [3.05, 3.63) is 77.4 Å². The normalized spacial score (nSPS) is 19.5. The Balaban J connectivity index is 1.50. The molecule has 124 valence electrons. The molecule has 1 heterocycles. The fourth-order valence-electron chi connectivity index (χ4n) is 3.91. The minimum atomic E-state index is -3.25. The lowest BCUT2D eigenvalue weighted by atomic mass is 9.75. The maximum Gasteiger partial charge on any atom is 0.218 e. The third-order valence-electron chi connectivity index (χ3n) is 5.28. The highest BCUT2D eigenvalue weighted by molar-refractivity contribution is 7.88. The minimum Gasteiger partial charge on any atom is -0.212 e. The maximum atomic E-state index is 12.7. The molecule has 4 heteroatoms. The number of allylic oxidation sites excluding steroid dienone is 1. The van der Waals surface area contributed by atoms with E-state index in [1.165, 1.54) is 11.1 Å². The van der Waals surface area contributed by atoms with Gasteiger partial charge in [-0.3, -0.25) is 0 Å². The van der Waals surface area contributed by atoms with Gasteiger partial charge in [-0.25, -0.2) is 12.7 Å². The van der Waals surface area contributed by atoms with Crippen molar-refractivity contribution in [2.45, 2.75) is 24.0 Å². The Morgan fingerprint density at radius 2 is 1.58 bits per heavy atom. The van der Waals surface area contributed by atoms with Crippen molar-refractivity contribution in [2.24, 2.45) is 0 Å². The van der Waals surface area contributed by atoms with Crippen LogP contribution in [0.2, 0.25) is 0 Å². The van der Waals surface area contributed by atoms with Crippen molar-refractivity contribution < 1.29 is 8.42 Å². The van der Waals surface area contributed by atoms with Crippen molar-refractivity contribution >= 4 is 16.1 Å². The summed E-state index contributed by atoms with van der Waals surface area (Å²) < 4.78 is 27.1. The summed E-state index contributed by atoms with van der Waals surface area (Å²) in [5.74, 6) is 0.0905. The highest BCUT2D eigenvalue weighted by Gasteiger charge is 2.40. The van der Waals surface area contributed by atoms with Gasteiger partial charge < -0.3 is 0 Å². The van der Waals surface area contributed by atoms with E-state index in [1.54, 1.807) is 4.31 Å². The first kappa shape index (κ1) is 15.6. The van der Waals surface area contributed by atoms with Crippen molar-refractivity contribution in [3.8, 4) is 0 Å². The monoisotopic (exact) mass is 339 g/mol. The van der Waals surface area contributed by atoms with Gasteiger partial charge in [0.25, 0.3) is 0 Å². The standard InChI is InChI=1S/C20H21NO2S/c22-24(23,16-17-6-2-1-3-7-17)21-14-12-20(13-15-21)11-10-18-8-4-5-9-19(18)20/h1-11H,12-16H2. The number of piperidine rings is 1. The summed E-state index contributed by atoms with van der Waals surface area (Å²) in [6.45, 7) is 1.18. The summed E-state index contributed by atoms with van der Waals surface area (Å²) in [5, 5.41) is 0. The molecular formula is C20H21NO2S. The average molecular weight is 339 g/mol. The van der Waals surface area contributed by atoms with Gasteiger partial charge in [0, 0.05) is 18.5 Å². The zero-order valence-electron chi connectivity index (χ0n) is 13.6. The van der Waals surface area contributed by atoms with Gasteiger partial charge >= 0.3 is 0 Å². The summed E-state index contributed by atoms with van der Waals surface area (Å²) in [6.07, 6.45) is 6.17. The van der Waals surface area contributed by atoms with Crippen LogP contribution in [0, 0.1) is 0 Å². The van der Waals surface area contributed by atoms with Crippen molar-refractivity contribution in [1.29, 1.82) is 0 Å². The largest absolute Gasteiger partial charge is 0.218 e. The number of hydrogen-bond donors (Lipinski definition) is 0. The molecule has 0 amide bonds. The molecule has 0 aromatic heterocycles. The molecule has 1 spiro atoms. The smallest absolute Gasteiger partial charge is 0.212 e. The second kappa shape index (κ2) is 5.87. The number of rotatable bonds is 3. The van der Waals surface area contributed by atoms with Gasteiger partial charge in [0.1, 0.15) is 0 Å². The van der Waals surface area contributed by atoms with E-state index >= 15 is 0 Å². The maximum absolute atomic E-state index is 12.7. The average Bonchev–Trinajstić information content (AvgIpc) is 2.95. The molecular weight excluding hydrogens is 318 g/mol. The predicted molar refractivity (Wildman–Crippen MR) is 97.0 cm³/mol. The van der Waals surface area contributed by atoms with E-state index in [0.29, 0.717) is 13.1 Å². The van der Waals surface area contributed by atoms with Gasteiger partial charge in [0.2, 0.25) is 10.0 Å². The summed E-state index contributed by atoms with van der Waals surface area (Å²) >= 11 is 0. The number of nitrogens with zero attached hydrogens (tertiary/aromatic N) is 1. The Labute approximate surface area is 143 Å². The van der Waals surface area contributed by atoms with Crippen molar-refractivity contribution in [3.63, 3.8) is 0 Å². The van der Waals surface area contributed by atoms with Crippen LogP contribution in [0.4, 0.5) is 0 Å². The van der Waals surface area contributed by atoms with E-state index in [9.17, 15) is 8.42 Å². The van der Waals surface area contributed by atoms with E-state index < -0.39 is 10.0 Å². The zero-order chi connectivity index (χ0) is 16.6. The van der Waals surface area contributed by atoms with E-state index in [-0.39, 0.29) is 11.2 Å². The number of fused-ring (bicyclic) bond motifs is 2. The molecule has 3 nitrogen and oxygen atoms in total. The fourth-order valence-corrected chi connectivity index (χ4v) is 5.45. The SMILES string of the molecule is O=S(=O)(Cc1ccccc1)N1CCC2(C=Cc3ccccc32)CC1. The topological polar surface area (TPSA) is 37.4 Å². The highest BCUT2D eigenvalue weighted by Crippen LogP contribution is 2.44. The summed E-state index contributed by atoms with van der Waals surface area (Å²) in [6, 6.07) is 17.9. The Hall–Kier alpha value is -1.91. The molecule has 1 fully saturated rings. The highest BCUT2D eigenvalue weighted by atomic mass is 32.2. The van der Waals surface area contributed by atoms with E-state index in [0.717, 1.165) is 18.4 Å². The molecule has 2 aliphatic rings. The number of benzene rings is 2. The lowest BCUT2D eigenvalue weighted by Crippen LogP contribution is -2.44. The molecule has 0 saturated carbocycles. The minimum absolute atomic E-state index is 0.0232. The molecule has 1 aliphatic heterocycles. The third-order valence-corrected chi connectivity index (χ3v) is 7.13. The molecule has 0 bridgehead atoms. The predicted octanol–water partition coefficient (Wildman–Crippen LogP) is 3.58. The van der Waals surface area contributed by atoms with Crippen LogP contribution in [0.1, 0.15) is 29.5 Å². The molecule has 0 atom stereocenters. The van der Waals surface area contributed by atoms with E-state index in [2.05, 4.69) is 36.4 Å². The van der Waals surface area contributed by atoms with Gasteiger partial charge in [-0.2, -0.15) is 0 Å². The van der Waals surface area contributed by atoms with Crippen LogP contribution < -0.4 is 0 Å². The van der Waals surface area contributed by atoms with Crippen molar-refractivity contribution in [2.75, 3.05) is 13.1 Å². The van der Waals surface area contributed by atoms with Crippen LogP contribution in [0.25, 0.3) is 6.08 Å². The first-order valence-electron chi connectivity index (χ1n) is 8.40. The van der Waals surface area contributed by atoms with Crippen LogP contribution in [0.5, 0.6) is 0 Å². The molecule has 2 aromatic rings. The van der Waals surface area contributed by atoms with Crippen LogP contribution in [-0.4, -0.2) is 25.8 Å². The van der Waals surface area contributed by atoms with Crippen molar-refractivity contribution in [1.82, 2.24) is 4.31 Å². The molecule has 1 aliphatic carbocycles. The molecule has 0 unspecified atom stereocenters. The molecule has 1 saturated heterocycles. The Bertz CT molecular complexity index is 864. The molecule has 0 radical (unpaired) electrons. The molecule has 0 N–H and O–H groups in total. The van der Waals surface area contributed by atoms with Crippen LogP contribution in [0.3, 0.4) is 0 Å². The third kappa shape index (κ3) is 2.70. The molecule has 4 rings (SSSR count). The van der Waals surface area contributed by atoms with Gasteiger partial charge in [-0.05, 0) is 29.5 Å². The summed E-state index contributed by atoms with van der Waals surface area (Å²) in [4.78, 5) is 0. The van der Waals surface area contributed by atoms with E-state index in [1.807, 2.05) is 30.3 Å². The fraction of sp³-hybridized carbons (Fsp3) is 0.300. The first-order chi connectivity index (χ1) is 11.6. The summed E-state index contributed by atoms with van der Waals surface area (Å²) in [7, 11) is -3.25. The van der Waals surface area contributed by atoms with Crippen LogP contribution in [-0.2, 0) is 21.2 Å². The Morgan fingerprint density at radius 1 is 0.917 bits per heavy atom. The quantitative estimate of drug-likeness (QED) is 0.857. The Kier molecular flexibility index (Phi) is 3.82. The zero-order valence-corrected chi connectivity index (χ0v) is 14.4. The van der Waals surface area contributed by atoms with Gasteiger partial charge in [-0.15, -0.1) is 0 Å². The lowest BCUT2D eigenvalue weighted by molar-refractivity contribution is 0.274. The molecule has 2 aromatic carbocycles. The first-order valence-corrected chi connectivity index (χ1v) is 10.0. The Morgan fingerprint density at radius 3 is 2.33 bits per heavy atom. The number of hydrogen-bond acceptors (Lipinski definition) is 2. The second-order valence-electron chi connectivity index (χ2n) is 6.72. The van der Waals surface area contributed by atoms with E-state index in [4.69, 9.17) is 0 Å². The summed E-state index contributed by atoms with van der Waals surface area (Å²) in [5.41, 5.74) is 3.50. The van der Waals surface area contributed by atoms with Crippen LogP contribution in [0.15, 0.2) is 60.7 Å². The van der Waals surface area contributed by atoms with Gasteiger partial charge in [-0.1, -0.05) is 66.7 Å². The number of sulfonamides is 1. The van der Waals surface area contributed by atoms with Gasteiger partial charge in [0.15, 0.2) is 0 Å². The molecule has 24 heavy (non-hydrogen) atoms.